The topological polar surface area (TPSA) is 140 Å². The Labute approximate surface area is 118 Å². The van der Waals surface area contributed by atoms with E-state index in [0.29, 0.717) is 0 Å². The van der Waals surface area contributed by atoms with Crippen LogP contribution < -0.4 is 22.2 Å². The molecule has 0 aliphatic heterocycles. The first-order chi connectivity index (χ1) is 10.4. The number of nitrogens with one attached hydrogen (secondary N) is 2. The van der Waals surface area contributed by atoms with Crippen molar-refractivity contribution in [3.63, 3.8) is 0 Å². The number of rotatable bonds is 0. The second kappa shape index (κ2) is 3.61. The second-order valence-corrected chi connectivity index (χ2v) is 4.92. The van der Waals surface area contributed by atoms with E-state index in [2.05, 4.69) is 4.98 Å². The molecule has 0 unspecified atom stereocenters. The molecule has 0 fully saturated rings. The number of aromatic hydroxyl groups is 2. The smallest absolute Gasteiger partial charge is 0.259 e. The van der Waals surface area contributed by atoms with Crippen molar-refractivity contribution < 1.29 is 10.2 Å². The number of H-pyrrole nitrogens is 2. The van der Waals surface area contributed by atoms with Crippen molar-refractivity contribution in [3.8, 4) is 11.5 Å². The molecule has 0 saturated carbocycles. The van der Waals surface area contributed by atoms with Crippen molar-refractivity contribution in [2.75, 3.05) is 0 Å². The van der Waals surface area contributed by atoms with Gasteiger partial charge in [0, 0.05) is 10.8 Å². The first-order valence-corrected chi connectivity index (χ1v) is 6.17. The zero-order valence-corrected chi connectivity index (χ0v) is 10.7. The third-order valence-corrected chi connectivity index (χ3v) is 3.79. The fourth-order valence-corrected chi connectivity index (χ4v) is 2.92. The van der Waals surface area contributed by atoms with Gasteiger partial charge < -0.3 is 10.2 Å². The highest BCUT2D eigenvalue weighted by Gasteiger charge is 2.23. The summed E-state index contributed by atoms with van der Waals surface area (Å²) in [4.78, 5) is 52.0. The monoisotopic (exact) mass is 298 g/mol. The molecule has 4 aromatic rings. The summed E-state index contributed by atoms with van der Waals surface area (Å²) >= 11 is 0. The summed E-state index contributed by atoms with van der Waals surface area (Å²) in [5, 5.41) is 18.9. The molecule has 8 heteroatoms. The van der Waals surface area contributed by atoms with E-state index in [1.807, 2.05) is 4.98 Å². The molecule has 22 heavy (non-hydrogen) atoms. The standard InChI is InChI=1S/C14H6N2O6/c17-4-2-1-3-5(10(4)18)7-9(14(22)16-12(7)20)8-6(3)11(19)15-13(8)21/h1-2,17-18H,(H,15,19,21)(H,16,20,22). The van der Waals surface area contributed by atoms with Crippen molar-refractivity contribution >= 4 is 32.3 Å². The number of phenols is 2. The van der Waals surface area contributed by atoms with Gasteiger partial charge in [0.05, 0.1) is 21.5 Å². The Bertz CT molecular complexity index is 1320. The number of hydrogen-bond acceptors (Lipinski definition) is 6. The lowest BCUT2D eigenvalue weighted by Crippen LogP contribution is -2.08. The van der Waals surface area contributed by atoms with Gasteiger partial charge in [-0.05, 0) is 12.1 Å². The molecular weight excluding hydrogens is 292 g/mol. The maximum Gasteiger partial charge on any atom is 0.259 e. The van der Waals surface area contributed by atoms with E-state index in [9.17, 15) is 29.4 Å². The molecule has 0 saturated heterocycles. The van der Waals surface area contributed by atoms with Crippen LogP contribution in [-0.4, -0.2) is 20.2 Å². The molecule has 0 spiro atoms. The van der Waals surface area contributed by atoms with Crippen molar-refractivity contribution in [2.24, 2.45) is 0 Å². The molecular formula is C14H6N2O6. The average Bonchev–Trinajstić information content (AvgIpc) is 2.91. The van der Waals surface area contributed by atoms with Gasteiger partial charge >= 0.3 is 0 Å². The Kier molecular flexibility index (Phi) is 2.02. The van der Waals surface area contributed by atoms with Crippen molar-refractivity contribution in [1.29, 1.82) is 0 Å². The van der Waals surface area contributed by atoms with E-state index in [1.165, 1.54) is 6.07 Å². The maximum absolute atomic E-state index is 12.0. The Morgan fingerprint density at radius 3 is 1.68 bits per heavy atom. The van der Waals surface area contributed by atoms with E-state index in [0.717, 1.165) is 6.07 Å². The molecule has 4 N–H and O–H groups in total. The fraction of sp³-hybridized carbons (Fsp3) is 0. The number of hydrogen-bond donors (Lipinski definition) is 4. The minimum atomic E-state index is -0.828. The molecule has 0 radical (unpaired) electrons. The molecule has 108 valence electrons. The number of benzene rings is 2. The summed E-state index contributed by atoms with van der Waals surface area (Å²) in [6.07, 6.45) is 0. The van der Waals surface area contributed by atoms with Crippen LogP contribution in [0.5, 0.6) is 11.5 Å². The maximum atomic E-state index is 12.0. The Morgan fingerprint density at radius 2 is 1.09 bits per heavy atom. The summed E-state index contributed by atoms with van der Waals surface area (Å²) in [6, 6.07) is 2.44. The van der Waals surface area contributed by atoms with E-state index in [-0.39, 0.29) is 32.3 Å². The summed E-state index contributed by atoms with van der Waals surface area (Å²) in [5.74, 6) is -1.14. The molecule has 0 atom stereocenters. The third kappa shape index (κ3) is 1.21. The van der Waals surface area contributed by atoms with Gasteiger partial charge in [0.25, 0.3) is 22.2 Å². The number of aromatic nitrogens is 2. The van der Waals surface area contributed by atoms with Crippen LogP contribution in [0.25, 0.3) is 32.3 Å². The Hall–Kier alpha value is -3.42. The lowest BCUT2D eigenvalue weighted by Gasteiger charge is -2.05. The predicted octanol–water partition coefficient (Wildman–Crippen LogP) is -0.470. The zero-order chi connectivity index (χ0) is 15.8. The van der Waals surface area contributed by atoms with Crippen molar-refractivity contribution in [3.05, 3.63) is 53.5 Å². The first kappa shape index (κ1) is 12.3. The minimum absolute atomic E-state index is 0.0982. The SMILES string of the molecule is O=c1[nH]c(=O)c2c1c1ccc(O)c(O)c1c1c(=O)[nH]c(=O)c12. The molecule has 0 aliphatic carbocycles. The molecule has 2 aromatic heterocycles. The molecule has 0 bridgehead atoms. The predicted molar refractivity (Wildman–Crippen MR) is 78.4 cm³/mol. The second-order valence-electron chi connectivity index (χ2n) is 4.92. The van der Waals surface area contributed by atoms with Crippen LogP contribution in [0.15, 0.2) is 31.3 Å². The van der Waals surface area contributed by atoms with Crippen LogP contribution in [0.3, 0.4) is 0 Å². The quantitative estimate of drug-likeness (QED) is 0.323. The summed E-state index contributed by atoms with van der Waals surface area (Å²) in [6.45, 7) is 0. The van der Waals surface area contributed by atoms with Crippen molar-refractivity contribution in [2.45, 2.75) is 0 Å². The minimum Gasteiger partial charge on any atom is -0.504 e. The largest absolute Gasteiger partial charge is 0.504 e. The number of phenolic OH excluding ortho intramolecular Hbond substituents is 2. The number of aromatic amines is 2. The normalized spacial score (nSPS) is 11.8. The van der Waals surface area contributed by atoms with Crippen LogP contribution in [0.1, 0.15) is 0 Å². The summed E-state index contributed by atoms with van der Waals surface area (Å²) < 4.78 is 0. The number of fused-ring (bicyclic) bond motifs is 6. The van der Waals surface area contributed by atoms with E-state index in [4.69, 9.17) is 0 Å². The van der Waals surface area contributed by atoms with Crippen LogP contribution in [-0.2, 0) is 0 Å². The molecule has 2 heterocycles. The highest BCUT2D eigenvalue weighted by Crippen LogP contribution is 2.39. The third-order valence-electron chi connectivity index (χ3n) is 3.79. The lowest BCUT2D eigenvalue weighted by molar-refractivity contribution is 0.408. The highest BCUT2D eigenvalue weighted by atomic mass is 16.3. The molecule has 8 nitrogen and oxygen atoms in total. The van der Waals surface area contributed by atoms with Crippen molar-refractivity contribution in [1.82, 2.24) is 9.97 Å². The van der Waals surface area contributed by atoms with E-state index < -0.39 is 33.7 Å². The highest BCUT2D eigenvalue weighted by molar-refractivity contribution is 6.26. The molecule has 4 rings (SSSR count). The zero-order valence-electron chi connectivity index (χ0n) is 10.7. The van der Waals surface area contributed by atoms with Gasteiger partial charge in [0.2, 0.25) is 0 Å². The van der Waals surface area contributed by atoms with Gasteiger partial charge in [-0.1, -0.05) is 0 Å². The fourth-order valence-electron chi connectivity index (χ4n) is 2.92. The lowest BCUT2D eigenvalue weighted by atomic mass is 9.98. The molecule has 2 aromatic carbocycles. The summed E-state index contributed by atoms with van der Waals surface area (Å²) in [7, 11) is 0. The average molecular weight is 298 g/mol. The van der Waals surface area contributed by atoms with Gasteiger partial charge in [0.15, 0.2) is 11.5 Å². The Morgan fingerprint density at radius 1 is 0.636 bits per heavy atom. The van der Waals surface area contributed by atoms with Gasteiger partial charge in [-0.2, -0.15) is 0 Å². The van der Waals surface area contributed by atoms with Gasteiger partial charge in [-0.15, -0.1) is 0 Å². The van der Waals surface area contributed by atoms with Crippen LogP contribution >= 0.6 is 0 Å². The van der Waals surface area contributed by atoms with E-state index in [1.54, 1.807) is 0 Å². The van der Waals surface area contributed by atoms with Crippen LogP contribution in [0, 0.1) is 0 Å². The van der Waals surface area contributed by atoms with Crippen LogP contribution in [0.2, 0.25) is 0 Å². The van der Waals surface area contributed by atoms with E-state index >= 15 is 0 Å². The summed E-state index contributed by atoms with van der Waals surface area (Å²) in [5.41, 5.74) is -3.15. The molecule has 0 amide bonds. The van der Waals surface area contributed by atoms with Gasteiger partial charge in [-0.25, -0.2) is 0 Å². The van der Waals surface area contributed by atoms with Gasteiger partial charge in [0.1, 0.15) is 0 Å². The Balaban J connectivity index is 2.66. The molecule has 0 aliphatic rings. The van der Waals surface area contributed by atoms with Crippen LogP contribution in [0.4, 0.5) is 0 Å². The van der Waals surface area contributed by atoms with Gasteiger partial charge in [-0.3, -0.25) is 29.1 Å². The first-order valence-electron chi connectivity index (χ1n) is 6.17.